The Kier molecular flexibility index (Phi) is 3.05. The summed E-state index contributed by atoms with van der Waals surface area (Å²) in [6.45, 7) is 2.96. The van der Waals surface area contributed by atoms with Gasteiger partial charge in [-0.3, -0.25) is 9.36 Å². The van der Waals surface area contributed by atoms with Crippen LogP contribution in [0.3, 0.4) is 0 Å². The Bertz CT molecular complexity index is 456. The third-order valence-electron chi connectivity index (χ3n) is 2.62. The van der Waals surface area contributed by atoms with Gasteiger partial charge >= 0.3 is 0 Å². The highest BCUT2D eigenvalue weighted by Gasteiger charge is 2.10. The van der Waals surface area contributed by atoms with Gasteiger partial charge in [0.05, 0.1) is 12.4 Å². The minimum atomic E-state index is -0.0109. The molecule has 0 fully saturated rings. The summed E-state index contributed by atoms with van der Waals surface area (Å²) in [6.07, 6.45) is 8.48. The summed E-state index contributed by atoms with van der Waals surface area (Å²) in [5.74, 6) is 0. The van der Waals surface area contributed by atoms with Crippen LogP contribution in [0.4, 0.5) is 0 Å². The molecule has 16 heavy (non-hydrogen) atoms. The number of nitrogens with two attached hydrogens (primary N) is 1. The van der Waals surface area contributed by atoms with Crippen molar-refractivity contribution in [3.05, 3.63) is 35.9 Å². The molecule has 0 spiro atoms. The SMILES string of the molecule is CCn1cc(CC(N)c2cnn(C)c2)cn1. The molecule has 0 aromatic carbocycles. The second-order valence-corrected chi connectivity index (χ2v) is 3.96. The Morgan fingerprint density at radius 3 is 2.69 bits per heavy atom. The standard InChI is InChI=1S/C11H17N5/c1-3-16-7-9(5-14-16)4-11(12)10-6-13-15(2)8-10/h5-8,11H,3-4,12H2,1-2H3. The van der Waals surface area contributed by atoms with E-state index in [0.717, 1.165) is 18.5 Å². The second kappa shape index (κ2) is 4.49. The summed E-state index contributed by atoms with van der Waals surface area (Å²) >= 11 is 0. The molecule has 0 aliphatic rings. The molecule has 1 atom stereocenters. The van der Waals surface area contributed by atoms with Crippen molar-refractivity contribution in [3.63, 3.8) is 0 Å². The monoisotopic (exact) mass is 219 g/mol. The lowest BCUT2D eigenvalue weighted by Crippen LogP contribution is -2.12. The van der Waals surface area contributed by atoms with Crippen LogP contribution in [-0.2, 0) is 20.0 Å². The molecule has 2 N–H and O–H groups in total. The molecular formula is C11H17N5. The molecule has 2 aromatic rings. The summed E-state index contributed by atoms with van der Waals surface area (Å²) in [5, 5.41) is 8.34. The topological polar surface area (TPSA) is 61.7 Å². The average Bonchev–Trinajstić information content (AvgIpc) is 2.87. The van der Waals surface area contributed by atoms with Gasteiger partial charge in [-0.05, 0) is 18.9 Å². The zero-order valence-corrected chi connectivity index (χ0v) is 9.67. The van der Waals surface area contributed by atoms with Crippen LogP contribution in [-0.4, -0.2) is 19.6 Å². The van der Waals surface area contributed by atoms with Gasteiger partial charge < -0.3 is 5.73 Å². The summed E-state index contributed by atoms with van der Waals surface area (Å²) < 4.78 is 3.68. The summed E-state index contributed by atoms with van der Waals surface area (Å²) in [4.78, 5) is 0. The lowest BCUT2D eigenvalue weighted by atomic mass is 10.1. The average molecular weight is 219 g/mol. The van der Waals surface area contributed by atoms with Crippen molar-refractivity contribution in [3.8, 4) is 0 Å². The van der Waals surface area contributed by atoms with Crippen molar-refractivity contribution in [2.75, 3.05) is 0 Å². The first-order valence-corrected chi connectivity index (χ1v) is 5.44. The van der Waals surface area contributed by atoms with Crippen LogP contribution in [0, 0.1) is 0 Å². The smallest absolute Gasteiger partial charge is 0.0537 e. The van der Waals surface area contributed by atoms with Gasteiger partial charge in [-0.2, -0.15) is 10.2 Å². The molecule has 0 saturated carbocycles. The number of aryl methyl sites for hydroxylation is 2. The molecule has 0 aliphatic heterocycles. The fraction of sp³-hybridized carbons (Fsp3) is 0.455. The molecule has 0 amide bonds. The number of nitrogens with zero attached hydrogens (tertiary/aromatic N) is 4. The first-order valence-electron chi connectivity index (χ1n) is 5.44. The van der Waals surface area contributed by atoms with E-state index in [4.69, 9.17) is 5.73 Å². The lowest BCUT2D eigenvalue weighted by Gasteiger charge is -2.06. The fourth-order valence-corrected chi connectivity index (χ4v) is 1.69. The highest BCUT2D eigenvalue weighted by Crippen LogP contribution is 2.14. The van der Waals surface area contributed by atoms with Crippen molar-refractivity contribution < 1.29 is 0 Å². The second-order valence-electron chi connectivity index (χ2n) is 3.96. The Morgan fingerprint density at radius 2 is 2.12 bits per heavy atom. The maximum Gasteiger partial charge on any atom is 0.0537 e. The largest absolute Gasteiger partial charge is 0.324 e. The summed E-state index contributed by atoms with van der Waals surface area (Å²) in [5.41, 5.74) is 8.33. The quantitative estimate of drug-likeness (QED) is 0.830. The fourth-order valence-electron chi connectivity index (χ4n) is 1.69. The van der Waals surface area contributed by atoms with Crippen LogP contribution in [0.25, 0.3) is 0 Å². The molecule has 5 nitrogen and oxygen atoms in total. The maximum atomic E-state index is 6.10. The predicted octanol–water partition coefficient (Wildman–Crippen LogP) is 0.879. The first kappa shape index (κ1) is 10.9. The van der Waals surface area contributed by atoms with Crippen LogP contribution in [0.15, 0.2) is 24.8 Å². The van der Waals surface area contributed by atoms with Gasteiger partial charge in [0.2, 0.25) is 0 Å². The molecule has 86 valence electrons. The number of hydrogen-bond acceptors (Lipinski definition) is 3. The predicted molar refractivity (Wildman–Crippen MR) is 61.7 cm³/mol. The minimum absolute atomic E-state index is 0.0109. The Hall–Kier alpha value is -1.62. The third-order valence-corrected chi connectivity index (χ3v) is 2.62. The van der Waals surface area contributed by atoms with E-state index in [9.17, 15) is 0 Å². The van der Waals surface area contributed by atoms with Crippen molar-refractivity contribution in [1.82, 2.24) is 19.6 Å². The molecule has 0 radical (unpaired) electrons. The van der Waals surface area contributed by atoms with Gasteiger partial charge in [0.15, 0.2) is 0 Å². The van der Waals surface area contributed by atoms with E-state index >= 15 is 0 Å². The molecule has 5 heteroatoms. The van der Waals surface area contributed by atoms with E-state index in [1.54, 1.807) is 4.68 Å². The third kappa shape index (κ3) is 2.30. The van der Waals surface area contributed by atoms with Gasteiger partial charge in [0.1, 0.15) is 0 Å². The van der Waals surface area contributed by atoms with Gasteiger partial charge in [-0.25, -0.2) is 0 Å². The molecular weight excluding hydrogens is 202 g/mol. The molecule has 0 aliphatic carbocycles. The van der Waals surface area contributed by atoms with E-state index in [0.29, 0.717) is 0 Å². The molecule has 1 unspecified atom stereocenters. The van der Waals surface area contributed by atoms with Crippen molar-refractivity contribution in [2.45, 2.75) is 25.9 Å². The normalized spacial score (nSPS) is 12.9. The lowest BCUT2D eigenvalue weighted by molar-refractivity contribution is 0.657. The zero-order valence-electron chi connectivity index (χ0n) is 9.67. The Morgan fingerprint density at radius 1 is 1.31 bits per heavy atom. The summed E-state index contributed by atoms with van der Waals surface area (Å²) in [7, 11) is 1.89. The van der Waals surface area contributed by atoms with Crippen molar-refractivity contribution in [2.24, 2.45) is 12.8 Å². The van der Waals surface area contributed by atoms with E-state index < -0.39 is 0 Å². The van der Waals surface area contributed by atoms with Crippen LogP contribution < -0.4 is 5.73 Å². The molecule has 2 rings (SSSR count). The van der Waals surface area contributed by atoms with Gasteiger partial charge in [-0.15, -0.1) is 0 Å². The van der Waals surface area contributed by atoms with Crippen molar-refractivity contribution >= 4 is 0 Å². The molecule has 0 bridgehead atoms. The van der Waals surface area contributed by atoms with E-state index in [1.807, 2.05) is 36.5 Å². The number of aromatic nitrogens is 4. The van der Waals surface area contributed by atoms with E-state index in [-0.39, 0.29) is 6.04 Å². The number of rotatable bonds is 4. The molecule has 0 saturated heterocycles. The first-order chi connectivity index (χ1) is 7.69. The van der Waals surface area contributed by atoms with Crippen molar-refractivity contribution in [1.29, 1.82) is 0 Å². The highest BCUT2D eigenvalue weighted by molar-refractivity contribution is 5.15. The van der Waals surface area contributed by atoms with Crippen LogP contribution in [0.1, 0.15) is 24.1 Å². The molecule has 2 heterocycles. The van der Waals surface area contributed by atoms with Crippen LogP contribution in [0.2, 0.25) is 0 Å². The van der Waals surface area contributed by atoms with E-state index in [2.05, 4.69) is 17.1 Å². The van der Waals surface area contributed by atoms with Gasteiger partial charge in [0.25, 0.3) is 0 Å². The van der Waals surface area contributed by atoms with Gasteiger partial charge in [0, 0.05) is 37.6 Å². The van der Waals surface area contributed by atoms with Crippen LogP contribution in [0.5, 0.6) is 0 Å². The maximum absolute atomic E-state index is 6.10. The molecule has 2 aromatic heterocycles. The Labute approximate surface area is 94.9 Å². The Balaban J connectivity index is 2.04. The minimum Gasteiger partial charge on any atom is -0.324 e. The van der Waals surface area contributed by atoms with E-state index in [1.165, 1.54) is 5.56 Å². The highest BCUT2D eigenvalue weighted by atomic mass is 15.3. The zero-order chi connectivity index (χ0) is 11.5. The van der Waals surface area contributed by atoms with Crippen LogP contribution >= 0.6 is 0 Å². The van der Waals surface area contributed by atoms with Gasteiger partial charge in [-0.1, -0.05) is 0 Å². The summed E-state index contributed by atoms with van der Waals surface area (Å²) in [6, 6.07) is -0.0109. The number of hydrogen-bond donors (Lipinski definition) is 1.